The first-order valence-corrected chi connectivity index (χ1v) is 11.4. The van der Waals surface area contributed by atoms with Crippen LogP contribution in [0.4, 0.5) is 0 Å². The smallest absolute Gasteiger partial charge is 0.0814 e. The number of rotatable bonds is 1. The van der Waals surface area contributed by atoms with E-state index in [1.165, 1.54) is 0 Å². The summed E-state index contributed by atoms with van der Waals surface area (Å²) < 4.78 is 24.1. The molecule has 0 aliphatic carbocycles. The summed E-state index contributed by atoms with van der Waals surface area (Å²) in [6.07, 6.45) is 22.1. The Hall–Kier alpha value is -4.11. The topological polar surface area (TPSA) is 110 Å². The lowest BCUT2D eigenvalue weighted by molar-refractivity contribution is 0.436. The van der Waals surface area contributed by atoms with Crippen molar-refractivity contribution in [3.05, 3.63) is 126 Å². The predicted octanol–water partition coefficient (Wildman–Crippen LogP) is 4.44. The zero-order valence-electron chi connectivity index (χ0n) is 17.7. The van der Waals surface area contributed by atoms with Crippen molar-refractivity contribution in [2.75, 3.05) is 0 Å². The molecule has 8 heteroatoms. The molecule has 5 heterocycles. The second-order valence-corrected chi connectivity index (χ2v) is 7.96. The number of aliphatic imine (C=N–C) groups is 4. The highest BCUT2D eigenvalue weighted by molar-refractivity contribution is 7.73. The molecule has 6 rings (SSSR count). The second-order valence-electron chi connectivity index (χ2n) is 7.53. The van der Waals surface area contributed by atoms with Crippen LogP contribution in [-0.2, 0) is 11.4 Å². The van der Waals surface area contributed by atoms with Gasteiger partial charge in [0.15, 0.2) is 0 Å². The SMILES string of the molecule is C1=CC2=NC1=CC1=NC(=CC3=NC(=CC4=NC(=C2)C=C4)C(c2ccccc2)=C3)C=C1.O=S([O-])O. The Balaban J connectivity index is 0.000000560. The van der Waals surface area contributed by atoms with E-state index in [0.29, 0.717) is 0 Å². The highest BCUT2D eigenvalue weighted by Crippen LogP contribution is 2.31. The molecule has 8 bridgehead atoms. The van der Waals surface area contributed by atoms with Gasteiger partial charge in [-0.3, -0.25) is 0 Å². The molecule has 0 fully saturated rings. The molecular formula is C26H17N4O3S-. The van der Waals surface area contributed by atoms with Crippen LogP contribution < -0.4 is 0 Å². The standard InChI is InChI=1S/C26H16N4.H2O3S/c1-2-4-17(5-3-1)25-15-24-14-22-9-8-20(28-22)12-18-6-7-19(27-18)13-21-10-11-23(29-21)16-26(25)30-24;1-4(2)3/h1-16H;(H2,1,2,3)/p-1. The van der Waals surface area contributed by atoms with Crippen molar-refractivity contribution in [3.63, 3.8) is 0 Å². The minimum Gasteiger partial charge on any atom is -0.750 e. The maximum absolute atomic E-state index is 8.56. The van der Waals surface area contributed by atoms with Gasteiger partial charge in [0.05, 0.1) is 57.0 Å². The van der Waals surface area contributed by atoms with Crippen LogP contribution in [0.15, 0.2) is 140 Å². The summed E-state index contributed by atoms with van der Waals surface area (Å²) in [4.78, 5) is 18.9. The first kappa shape index (κ1) is 21.7. The molecule has 0 spiro atoms. The van der Waals surface area contributed by atoms with Gasteiger partial charge in [0.2, 0.25) is 0 Å². The molecule has 1 N–H and O–H groups in total. The molecule has 0 radical (unpaired) electrons. The van der Waals surface area contributed by atoms with Gasteiger partial charge in [0.1, 0.15) is 0 Å². The molecule has 5 aliphatic heterocycles. The van der Waals surface area contributed by atoms with E-state index in [1.54, 1.807) is 0 Å². The third-order valence-electron chi connectivity index (χ3n) is 5.12. The Bertz CT molecular complexity index is 1460. The Morgan fingerprint density at radius 2 is 1.09 bits per heavy atom. The van der Waals surface area contributed by atoms with Gasteiger partial charge < -0.3 is 9.11 Å². The van der Waals surface area contributed by atoms with Crippen molar-refractivity contribution in [1.82, 2.24) is 0 Å². The zero-order chi connectivity index (χ0) is 23.5. The van der Waals surface area contributed by atoms with Crippen molar-refractivity contribution in [3.8, 4) is 0 Å². The van der Waals surface area contributed by atoms with Gasteiger partial charge in [0.25, 0.3) is 0 Å². The zero-order valence-corrected chi connectivity index (χ0v) is 18.5. The highest BCUT2D eigenvalue weighted by Gasteiger charge is 2.18. The third kappa shape index (κ3) is 5.10. The fourth-order valence-electron chi connectivity index (χ4n) is 3.75. The molecule has 166 valence electrons. The van der Waals surface area contributed by atoms with Crippen molar-refractivity contribution >= 4 is 39.8 Å². The van der Waals surface area contributed by atoms with Crippen molar-refractivity contribution in [2.45, 2.75) is 0 Å². The lowest BCUT2D eigenvalue weighted by Gasteiger charge is -2.03. The van der Waals surface area contributed by atoms with E-state index >= 15 is 0 Å². The number of allylic oxidation sites excluding steroid dienone is 12. The van der Waals surface area contributed by atoms with Gasteiger partial charge in [0, 0.05) is 5.57 Å². The van der Waals surface area contributed by atoms with Gasteiger partial charge >= 0.3 is 0 Å². The lowest BCUT2D eigenvalue weighted by atomic mass is 10.0. The average Bonchev–Trinajstić information content (AvgIpc) is 3.59. The van der Waals surface area contributed by atoms with Gasteiger partial charge in [-0.25, -0.2) is 24.2 Å². The van der Waals surface area contributed by atoms with E-state index in [9.17, 15) is 0 Å². The molecule has 5 aliphatic rings. The van der Waals surface area contributed by atoms with Crippen molar-refractivity contribution in [1.29, 1.82) is 0 Å². The maximum Gasteiger partial charge on any atom is 0.0814 e. The third-order valence-corrected chi connectivity index (χ3v) is 5.12. The second kappa shape index (κ2) is 9.40. The van der Waals surface area contributed by atoms with Crippen LogP contribution in [0, 0.1) is 0 Å². The molecule has 0 aromatic heterocycles. The molecule has 1 aromatic carbocycles. The van der Waals surface area contributed by atoms with E-state index in [0.717, 1.165) is 56.8 Å². The molecule has 0 amide bonds. The number of benzene rings is 1. The molecule has 0 saturated heterocycles. The molecule has 7 nitrogen and oxygen atoms in total. The van der Waals surface area contributed by atoms with Gasteiger partial charge in [-0.15, -0.1) is 0 Å². The molecule has 34 heavy (non-hydrogen) atoms. The van der Waals surface area contributed by atoms with Gasteiger partial charge in [-0.05, 0) is 72.4 Å². The van der Waals surface area contributed by atoms with Crippen LogP contribution in [0.1, 0.15) is 5.56 Å². The van der Waals surface area contributed by atoms with E-state index < -0.39 is 11.4 Å². The first-order chi connectivity index (χ1) is 16.5. The first-order valence-electron chi connectivity index (χ1n) is 10.3. The van der Waals surface area contributed by atoms with Crippen LogP contribution in [0.2, 0.25) is 0 Å². The van der Waals surface area contributed by atoms with Crippen molar-refractivity contribution < 1.29 is 13.3 Å². The average molecular weight is 466 g/mol. The van der Waals surface area contributed by atoms with Crippen LogP contribution in [0.5, 0.6) is 0 Å². The van der Waals surface area contributed by atoms with Crippen LogP contribution in [-0.4, -0.2) is 36.2 Å². The number of hydrogen-bond donors (Lipinski definition) is 1. The van der Waals surface area contributed by atoms with Crippen LogP contribution in [0.25, 0.3) is 5.57 Å². The Morgan fingerprint density at radius 1 is 0.618 bits per heavy atom. The molecule has 0 saturated carbocycles. The summed E-state index contributed by atoms with van der Waals surface area (Å²) >= 11 is -2.86. The summed E-state index contributed by atoms with van der Waals surface area (Å²) in [5, 5.41) is 0. The largest absolute Gasteiger partial charge is 0.750 e. The minimum atomic E-state index is -2.86. The summed E-state index contributed by atoms with van der Waals surface area (Å²) in [5.74, 6) is 0. The number of nitrogens with zero attached hydrogens (tertiary/aromatic N) is 4. The van der Waals surface area contributed by atoms with Crippen molar-refractivity contribution in [2.24, 2.45) is 20.0 Å². The molecular weight excluding hydrogens is 448 g/mol. The molecule has 1 unspecified atom stereocenters. The minimum absolute atomic E-state index is 0.877. The monoisotopic (exact) mass is 465 g/mol. The predicted molar refractivity (Wildman–Crippen MR) is 135 cm³/mol. The Kier molecular flexibility index (Phi) is 6.01. The van der Waals surface area contributed by atoms with E-state index in [4.69, 9.17) is 28.3 Å². The summed E-state index contributed by atoms with van der Waals surface area (Å²) in [6.45, 7) is 0. The number of fused-ring (bicyclic) bond motifs is 4. The summed E-state index contributed by atoms with van der Waals surface area (Å²) in [6, 6.07) is 10.3. The van der Waals surface area contributed by atoms with E-state index in [-0.39, 0.29) is 0 Å². The lowest BCUT2D eigenvalue weighted by Crippen LogP contribution is -1.90. The Morgan fingerprint density at radius 3 is 1.62 bits per heavy atom. The number of hydrogen-bond acceptors (Lipinski definition) is 6. The van der Waals surface area contributed by atoms with E-state index in [1.807, 2.05) is 79.0 Å². The summed E-state index contributed by atoms with van der Waals surface area (Å²) in [5.41, 5.74) is 9.28. The van der Waals surface area contributed by atoms with Crippen LogP contribution >= 0.6 is 0 Å². The maximum atomic E-state index is 8.56. The fraction of sp³-hybridized carbons (Fsp3) is 0. The van der Waals surface area contributed by atoms with E-state index in [2.05, 4.69) is 23.2 Å². The quantitative estimate of drug-likeness (QED) is 0.619. The fourth-order valence-corrected chi connectivity index (χ4v) is 3.75. The van der Waals surface area contributed by atoms with Gasteiger partial charge in [-0.2, -0.15) is 0 Å². The normalized spacial score (nSPS) is 20.1. The Labute approximate surface area is 198 Å². The highest BCUT2D eigenvalue weighted by atomic mass is 32.2. The van der Waals surface area contributed by atoms with Gasteiger partial charge in [-0.1, -0.05) is 30.3 Å². The molecule has 1 aromatic rings. The molecule has 1 atom stereocenters. The summed E-state index contributed by atoms with van der Waals surface area (Å²) in [7, 11) is 0. The van der Waals surface area contributed by atoms with Crippen LogP contribution in [0.3, 0.4) is 0 Å².